The molecule has 0 radical (unpaired) electrons. The van der Waals surface area contributed by atoms with Crippen LogP contribution in [0.3, 0.4) is 0 Å². The molecule has 78 valence electrons. The van der Waals surface area contributed by atoms with E-state index in [0.29, 0.717) is 16.5 Å². The Kier molecular flexibility index (Phi) is 2.79. The van der Waals surface area contributed by atoms with Gasteiger partial charge in [-0.1, -0.05) is 11.6 Å². The monoisotopic (exact) mass is 242 g/mol. The minimum atomic E-state index is 0.193. The smallest absolute Gasteiger partial charge is 0.115 e. The van der Waals surface area contributed by atoms with E-state index < -0.39 is 0 Å². The predicted octanol–water partition coefficient (Wildman–Crippen LogP) is 2.44. The maximum absolute atomic E-state index is 6.03. The number of halogens is 2. The van der Waals surface area contributed by atoms with Crippen molar-refractivity contribution >= 4 is 45.6 Å². The molecule has 0 unspecified atom stereocenters. The van der Waals surface area contributed by atoms with Crippen molar-refractivity contribution in [1.82, 2.24) is 10.2 Å². The van der Waals surface area contributed by atoms with E-state index in [0.717, 1.165) is 10.9 Å². The highest BCUT2D eigenvalue weighted by Crippen LogP contribution is 2.27. The summed E-state index contributed by atoms with van der Waals surface area (Å²) in [5, 5.41) is 8.15. The number of aromatic amines is 1. The van der Waals surface area contributed by atoms with Crippen LogP contribution in [0.25, 0.3) is 10.9 Å². The van der Waals surface area contributed by atoms with Crippen LogP contribution in [0.15, 0.2) is 23.3 Å². The Morgan fingerprint density at radius 1 is 1.53 bits per heavy atom. The molecule has 0 fully saturated rings. The third-order valence-electron chi connectivity index (χ3n) is 1.90. The first-order valence-corrected chi connectivity index (χ1v) is 5.13. The molecule has 4 nitrogen and oxygen atoms in total. The van der Waals surface area contributed by atoms with Crippen LogP contribution < -0.4 is 5.73 Å². The highest BCUT2D eigenvalue weighted by Gasteiger charge is 2.03. The first-order chi connectivity index (χ1) is 7.20. The zero-order valence-corrected chi connectivity index (χ0v) is 9.18. The molecule has 0 aliphatic heterocycles. The second-order valence-electron chi connectivity index (χ2n) is 3.00. The minimum absolute atomic E-state index is 0.193. The summed E-state index contributed by atoms with van der Waals surface area (Å²) in [7, 11) is 0. The number of H-pyrrole nitrogens is 1. The van der Waals surface area contributed by atoms with Gasteiger partial charge in [-0.15, -0.1) is 11.6 Å². The Morgan fingerprint density at radius 3 is 3.07 bits per heavy atom. The van der Waals surface area contributed by atoms with Crippen LogP contribution in [0.2, 0.25) is 5.02 Å². The number of rotatable bonds is 2. The first-order valence-electron chi connectivity index (χ1n) is 4.22. The Hall–Kier alpha value is -1.26. The summed E-state index contributed by atoms with van der Waals surface area (Å²) in [6.45, 7) is 0. The molecule has 0 atom stereocenters. The number of nitrogens with two attached hydrogens (primary N) is 1. The molecule has 2 rings (SSSR count). The number of nitrogens with zero attached hydrogens (tertiary/aromatic N) is 2. The van der Waals surface area contributed by atoms with E-state index >= 15 is 0 Å². The van der Waals surface area contributed by atoms with Gasteiger partial charge in [-0.3, -0.25) is 5.10 Å². The van der Waals surface area contributed by atoms with Crippen LogP contribution in [0.5, 0.6) is 0 Å². The van der Waals surface area contributed by atoms with Crippen molar-refractivity contribution in [2.24, 2.45) is 10.7 Å². The van der Waals surface area contributed by atoms with Crippen molar-refractivity contribution in [2.75, 3.05) is 5.88 Å². The number of hydrogen-bond acceptors (Lipinski definition) is 2. The second-order valence-corrected chi connectivity index (χ2v) is 3.67. The van der Waals surface area contributed by atoms with Gasteiger partial charge in [0.1, 0.15) is 5.84 Å². The summed E-state index contributed by atoms with van der Waals surface area (Å²) in [5.41, 5.74) is 7.01. The Balaban J connectivity index is 2.54. The van der Waals surface area contributed by atoms with Crippen LogP contribution in [0.4, 0.5) is 5.69 Å². The van der Waals surface area contributed by atoms with E-state index in [1.54, 1.807) is 12.3 Å². The van der Waals surface area contributed by atoms with Crippen molar-refractivity contribution in [2.45, 2.75) is 0 Å². The third kappa shape index (κ3) is 2.06. The highest BCUT2D eigenvalue weighted by atomic mass is 35.5. The maximum atomic E-state index is 6.03. The molecule has 0 bridgehead atoms. The van der Waals surface area contributed by atoms with Gasteiger partial charge < -0.3 is 5.73 Å². The Morgan fingerprint density at radius 2 is 2.33 bits per heavy atom. The molecule has 0 amide bonds. The minimum Gasteiger partial charge on any atom is -0.386 e. The number of hydrogen-bond donors (Lipinski definition) is 2. The number of alkyl halides is 1. The van der Waals surface area contributed by atoms with E-state index in [4.69, 9.17) is 28.9 Å². The van der Waals surface area contributed by atoms with Gasteiger partial charge in [0.25, 0.3) is 0 Å². The maximum Gasteiger partial charge on any atom is 0.115 e. The highest BCUT2D eigenvalue weighted by molar-refractivity contribution is 6.35. The van der Waals surface area contributed by atoms with Gasteiger partial charge in [0.2, 0.25) is 0 Å². The number of aliphatic imine (C=N–C) groups is 1. The summed E-state index contributed by atoms with van der Waals surface area (Å²) in [5.74, 6) is 0.546. The van der Waals surface area contributed by atoms with E-state index in [2.05, 4.69) is 15.2 Å². The van der Waals surface area contributed by atoms with Crippen molar-refractivity contribution in [1.29, 1.82) is 0 Å². The van der Waals surface area contributed by atoms with Crippen LogP contribution in [-0.2, 0) is 0 Å². The molecule has 1 aromatic carbocycles. The summed E-state index contributed by atoms with van der Waals surface area (Å²) >= 11 is 11.6. The molecule has 6 heteroatoms. The van der Waals surface area contributed by atoms with Gasteiger partial charge in [0.15, 0.2) is 0 Å². The number of benzene rings is 1. The molecule has 0 saturated carbocycles. The normalized spacial score (nSPS) is 12.3. The molecule has 15 heavy (non-hydrogen) atoms. The lowest BCUT2D eigenvalue weighted by molar-refractivity contribution is 1.12. The van der Waals surface area contributed by atoms with Crippen LogP contribution >= 0.6 is 23.2 Å². The lowest BCUT2D eigenvalue weighted by Gasteiger charge is -1.98. The lowest BCUT2D eigenvalue weighted by Crippen LogP contribution is -2.12. The van der Waals surface area contributed by atoms with Gasteiger partial charge >= 0.3 is 0 Å². The van der Waals surface area contributed by atoms with Crippen LogP contribution in [0, 0.1) is 0 Å². The fraction of sp³-hybridized carbons (Fsp3) is 0.111. The van der Waals surface area contributed by atoms with E-state index in [1.807, 2.05) is 6.07 Å². The standard InChI is InChI=1S/C9H8Cl2N4/c10-3-9(12)14-5-1-7(11)6-4-13-15-8(6)2-5/h1-2,4H,3H2,(H2,12,14)(H,13,15). The molecule has 0 spiro atoms. The number of fused-ring (bicyclic) bond motifs is 1. The van der Waals surface area contributed by atoms with Crippen LogP contribution in [0.1, 0.15) is 0 Å². The third-order valence-corrected chi connectivity index (χ3v) is 2.49. The molecule has 2 aromatic rings. The van der Waals surface area contributed by atoms with Crippen molar-refractivity contribution in [3.05, 3.63) is 23.4 Å². The van der Waals surface area contributed by atoms with E-state index in [-0.39, 0.29) is 5.88 Å². The fourth-order valence-electron chi connectivity index (χ4n) is 1.25. The van der Waals surface area contributed by atoms with Gasteiger partial charge in [-0.2, -0.15) is 5.10 Å². The van der Waals surface area contributed by atoms with E-state index in [1.165, 1.54) is 0 Å². The number of amidine groups is 1. The van der Waals surface area contributed by atoms with Gasteiger partial charge in [-0.25, -0.2) is 4.99 Å². The molecular weight excluding hydrogens is 235 g/mol. The summed E-state index contributed by atoms with van der Waals surface area (Å²) in [4.78, 5) is 4.10. The average molecular weight is 243 g/mol. The molecule has 1 heterocycles. The van der Waals surface area contributed by atoms with Gasteiger partial charge in [0.05, 0.1) is 28.3 Å². The quantitative estimate of drug-likeness (QED) is 0.483. The summed E-state index contributed by atoms with van der Waals surface area (Å²) in [6, 6.07) is 3.53. The first kappa shape index (κ1) is 10.3. The molecule has 3 N–H and O–H groups in total. The summed E-state index contributed by atoms with van der Waals surface area (Å²) < 4.78 is 0. The Bertz CT molecular complexity index is 518. The fourth-order valence-corrected chi connectivity index (χ4v) is 1.58. The van der Waals surface area contributed by atoms with E-state index in [9.17, 15) is 0 Å². The van der Waals surface area contributed by atoms with Crippen molar-refractivity contribution < 1.29 is 0 Å². The largest absolute Gasteiger partial charge is 0.386 e. The lowest BCUT2D eigenvalue weighted by atomic mass is 10.2. The van der Waals surface area contributed by atoms with Gasteiger partial charge in [0, 0.05) is 5.39 Å². The predicted molar refractivity (Wildman–Crippen MR) is 63.1 cm³/mol. The average Bonchev–Trinajstić information content (AvgIpc) is 2.66. The number of nitrogens with one attached hydrogen (secondary N) is 1. The molecular formula is C9H8Cl2N4. The summed E-state index contributed by atoms with van der Waals surface area (Å²) in [6.07, 6.45) is 1.66. The van der Waals surface area contributed by atoms with Crippen LogP contribution in [-0.4, -0.2) is 21.9 Å². The molecule has 1 aromatic heterocycles. The molecule has 0 aliphatic carbocycles. The topological polar surface area (TPSA) is 67.1 Å². The van der Waals surface area contributed by atoms with Gasteiger partial charge in [-0.05, 0) is 12.1 Å². The zero-order valence-electron chi connectivity index (χ0n) is 7.67. The molecule has 0 aliphatic rings. The number of aromatic nitrogens is 2. The second kappa shape index (κ2) is 4.08. The van der Waals surface area contributed by atoms with Crippen molar-refractivity contribution in [3.63, 3.8) is 0 Å². The SMILES string of the molecule is NC(CCl)=Nc1cc(Cl)c2cn[nH]c2c1. The Labute approximate surface area is 96.1 Å². The van der Waals surface area contributed by atoms with Crippen molar-refractivity contribution in [3.8, 4) is 0 Å². The zero-order chi connectivity index (χ0) is 10.8. The molecule has 0 saturated heterocycles.